The fourth-order valence-electron chi connectivity index (χ4n) is 3.56. The average molecular weight is 442 g/mol. The van der Waals surface area contributed by atoms with Crippen molar-refractivity contribution in [3.05, 3.63) is 59.3 Å². The first-order chi connectivity index (χ1) is 14.3. The van der Waals surface area contributed by atoms with E-state index in [2.05, 4.69) is 10.3 Å². The highest BCUT2D eigenvalue weighted by atomic mass is 35.5. The third-order valence-electron chi connectivity index (χ3n) is 5.35. The van der Waals surface area contributed by atoms with Crippen molar-refractivity contribution in [2.24, 2.45) is 5.92 Å². The third-order valence-corrected chi connectivity index (χ3v) is 5.78. The highest BCUT2D eigenvalue weighted by molar-refractivity contribution is 6.24. The number of aliphatic hydroxyl groups excluding tert-OH is 1. The van der Waals surface area contributed by atoms with E-state index in [0.717, 1.165) is 47.3 Å². The van der Waals surface area contributed by atoms with E-state index < -0.39 is 17.6 Å². The lowest BCUT2D eigenvalue weighted by Gasteiger charge is -2.33. The average Bonchev–Trinajstić information content (AvgIpc) is 2.77. The molecule has 0 saturated heterocycles. The van der Waals surface area contributed by atoms with Gasteiger partial charge in [-0.1, -0.05) is 12.1 Å². The molecule has 0 spiro atoms. The Kier molecular flexibility index (Phi) is 7.20. The van der Waals surface area contributed by atoms with Crippen LogP contribution < -0.4 is 5.32 Å². The Balaban J connectivity index is 1.51. The predicted octanol–water partition coefficient (Wildman–Crippen LogP) is 4.86. The summed E-state index contributed by atoms with van der Waals surface area (Å²) in [6, 6.07) is 7.72. The van der Waals surface area contributed by atoms with Crippen molar-refractivity contribution in [2.45, 2.75) is 44.5 Å². The molecule has 1 saturated carbocycles. The summed E-state index contributed by atoms with van der Waals surface area (Å²) in [6.45, 7) is 0.674. The van der Waals surface area contributed by atoms with Crippen LogP contribution in [0.1, 0.15) is 47.2 Å². The van der Waals surface area contributed by atoms with Gasteiger partial charge in [-0.15, -0.1) is 0 Å². The molecule has 0 unspecified atom stereocenters. The van der Waals surface area contributed by atoms with Crippen LogP contribution in [0.5, 0.6) is 0 Å². The molecule has 1 aliphatic rings. The minimum absolute atomic E-state index is 0.0502. The number of aliphatic hydroxyl groups is 1. The molecule has 1 fully saturated rings. The quantitative estimate of drug-likeness (QED) is 0.628. The van der Waals surface area contributed by atoms with Gasteiger partial charge in [0.25, 0.3) is 5.91 Å². The van der Waals surface area contributed by atoms with Crippen LogP contribution in [0.2, 0.25) is 0 Å². The van der Waals surface area contributed by atoms with E-state index in [1.54, 1.807) is 12.3 Å². The maximum absolute atomic E-state index is 12.9. The molecule has 1 aromatic carbocycles. The summed E-state index contributed by atoms with van der Waals surface area (Å²) in [4.78, 5) is 16.8. The summed E-state index contributed by atoms with van der Waals surface area (Å²) in [5.41, 5.74) is -0.191. The summed E-state index contributed by atoms with van der Waals surface area (Å²) in [7, 11) is 0. The van der Waals surface area contributed by atoms with Crippen molar-refractivity contribution in [1.29, 1.82) is 0 Å². The van der Waals surface area contributed by atoms with E-state index in [0.29, 0.717) is 18.8 Å². The largest absolute Gasteiger partial charge is 0.416 e. The predicted molar refractivity (Wildman–Crippen MR) is 108 cm³/mol. The van der Waals surface area contributed by atoms with Gasteiger partial charge in [0.1, 0.15) is 5.82 Å². The molecule has 1 heterocycles. The second-order valence-electron chi connectivity index (χ2n) is 7.46. The second-order valence-corrected chi connectivity index (χ2v) is 7.82. The molecule has 2 aromatic rings. The lowest BCUT2D eigenvalue weighted by Crippen LogP contribution is -2.37. The first-order valence-electron chi connectivity index (χ1n) is 9.74. The molecular weight excluding hydrogens is 419 g/mol. The van der Waals surface area contributed by atoms with E-state index in [9.17, 15) is 18.0 Å². The number of nitrogens with one attached hydrogen (secondary N) is 1. The fraction of sp³-hybridized carbons (Fsp3) is 0.429. The van der Waals surface area contributed by atoms with Crippen LogP contribution >= 0.6 is 11.8 Å². The number of aromatic nitrogens is 1. The molecule has 30 heavy (non-hydrogen) atoms. The molecule has 0 radical (unpaired) electrons. The maximum atomic E-state index is 12.9. The number of carbonyl (C=O) groups excluding carboxylic acids is 1. The summed E-state index contributed by atoms with van der Waals surface area (Å²) in [5.74, 6) is 0.500. The SMILES string of the molecule is O=C(c1cccc(C(F)(F)F)c1)N(Cl)C1CCC(CNc2ccc(CO)cn2)CC1. The second kappa shape index (κ2) is 9.66. The normalized spacial score (nSPS) is 19.4. The van der Waals surface area contributed by atoms with Gasteiger partial charge in [0, 0.05) is 36.1 Å². The van der Waals surface area contributed by atoms with Gasteiger partial charge in [-0.05, 0) is 61.4 Å². The Morgan fingerprint density at radius 1 is 1.20 bits per heavy atom. The summed E-state index contributed by atoms with van der Waals surface area (Å²) in [5, 5.41) is 12.3. The summed E-state index contributed by atoms with van der Waals surface area (Å²) < 4.78 is 39.7. The number of rotatable bonds is 6. The molecule has 3 rings (SSSR count). The van der Waals surface area contributed by atoms with Gasteiger partial charge in [-0.2, -0.15) is 13.2 Å². The minimum Gasteiger partial charge on any atom is -0.392 e. The molecule has 5 nitrogen and oxygen atoms in total. The number of benzene rings is 1. The van der Waals surface area contributed by atoms with Crippen LogP contribution in [0.15, 0.2) is 42.6 Å². The Morgan fingerprint density at radius 2 is 1.93 bits per heavy atom. The van der Waals surface area contributed by atoms with Crippen LogP contribution in [-0.4, -0.2) is 33.0 Å². The fourth-order valence-corrected chi connectivity index (χ4v) is 3.86. The summed E-state index contributed by atoms with van der Waals surface area (Å²) in [6.07, 6.45) is 0.140. The number of alkyl halides is 3. The van der Waals surface area contributed by atoms with Crippen molar-refractivity contribution in [3.63, 3.8) is 0 Å². The molecular formula is C21H23ClF3N3O2. The molecule has 2 N–H and O–H groups in total. The van der Waals surface area contributed by atoms with Gasteiger partial charge in [-0.3, -0.25) is 4.79 Å². The zero-order valence-corrected chi connectivity index (χ0v) is 17.0. The number of carbonyl (C=O) groups is 1. The minimum atomic E-state index is -4.51. The van der Waals surface area contributed by atoms with Gasteiger partial charge in [0.05, 0.1) is 12.2 Å². The molecule has 1 aromatic heterocycles. The summed E-state index contributed by atoms with van der Waals surface area (Å²) >= 11 is 6.22. The van der Waals surface area contributed by atoms with Crippen LogP contribution in [0, 0.1) is 5.92 Å². The number of hydrogen-bond acceptors (Lipinski definition) is 4. The highest BCUT2D eigenvalue weighted by Gasteiger charge is 2.33. The van der Waals surface area contributed by atoms with Crippen molar-refractivity contribution in [3.8, 4) is 0 Å². The molecule has 0 atom stereocenters. The lowest BCUT2D eigenvalue weighted by molar-refractivity contribution is -0.137. The molecule has 162 valence electrons. The smallest absolute Gasteiger partial charge is 0.392 e. The Labute approximate surface area is 178 Å². The number of anilines is 1. The van der Waals surface area contributed by atoms with Crippen molar-refractivity contribution in [2.75, 3.05) is 11.9 Å². The maximum Gasteiger partial charge on any atom is 0.416 e. The number of halogens is 4. The zero-order valence-electron chi connectivity index (χ0n) is 16.2. The topological polar surface area (TPSA) is 65.5 Å². The van der Waals surface area contributed by atoms with Crippen molar-refractivity contribution >= 4 is 23.5 Å². The first kappa shape index (κ1) is 22.4. The van der Waals surface area contributed by atoms with Gasteiger partial charge < -0.3 is 10.4 Å². The molecule has 0 bridgehead atoms. The lowest BCUT2D eigenvalue weighted by atomic mass is 9.86. The Bertz CT molecular complexity index is 853. The van der Waals surface area contributed by atoms with Gasteiger partial charge in [0.15, 0.2) is 0 Å². The number of nitrogens with zero attached hydrogens (tertiary/aromatic N) is 2. The van der Waals surface area contributed by atoms with E-state index in [4.69, 9.17) is 16.9 Å². The van der Waals surface area contributed by atoms with Crippen LogP contribution in [0.3, 0.4) is 0 Å². The first-order valence-corrected chi connectivity index (χ1v) is 10.1. The molecule has 9 heteroatoms. The van der Waals surface area contributed by atoms with E-state index in [1.807, 2.05) is 6.07 Å². The van der Waals surface area contributed by atoms with Crippen LogP contribution in [-0.2, 0) is 12.8 Å². The van der Waals surface area contributed by atoms with Gasteiger partial charge in [-0.25, -0.2) is 9.40 Å². The molecule has 1 aliphatic carbocycles. The van der Waals surface area contributed by atoms with Crippen molar-refractivity contribution in [1.82, 2.24) is 9.40 Å². The molecule has 0 aliphatic heterocycles. The van der Waals surface area contributed by atoms with Crippen molar-refractivity contribution < 1.29 is 23.1 Å². The molecule has 1 amide bonds. The standard InChI is InChI=1S/C21H23ClF3N3O2/c22-28(20(30)16-2-1-3-17(10-16)21(23,24)25)18-7-4-14(5-8-18)11-26-19-9-6-15(13-29)12-27-19/h1-3,6,9-10,12,14,18,29H,4-5,7-8,11,13H2,(H,26,27). The van der Waals surface area contributed by atoms with Crippen LogP contribution in [0.4, 0.5) is 19.0 Å². The Morgan fingerprint density at radius 3 is 2.53 bits per heavy atom. The zero-order chi connectivity index (χ0) is 21.7. The third kappa shape index (κ3) is 5.64. The van der Waals surface area contributed by atoms with E-state index in [1.165, 1.54) is 12.1 Å². The van der Waals surface area contributed by atoms with Crippen LogP contribution in [0.25, 0.3) is 0 Å². The highest BCUT2D eigenvalue weighted by Crippen LogP contribution is 2.32. The van der Waals surface area contributed by atoms with E-state index >= 15 is 0 Å². The number of pyridine rings is 1. The monoisotopic (exact) mass is 441 g/mol. The number of hydrogen-bond donors (Lipinski definition) is 2. The van der Waals surface area contributed by atoms with Gasteiger partial charge in [0.2, 0.25) is 0 Å². The van der Waals surface area contributed by atoms with Gasteiger partial charge >= 0.3 is 6.18 Å². The van der Waals surface area contributed by atoms with E-state index in [-0.39, 0.29) is 18.2 Å². The Hall–Kier alpha value is -2.32. The number of amides is 1.